The molecule has 0 amide bonds. The minimum Gasteiger partial charge on any atom is -0.370 e. The lowest BCUT2D eigenvalue weighted by Gasteiger charge is -1.91. The molecule has 1 atom stereocenters. The summed E-state index contributed by atoms with van der Waals surface area (Å²) in [4.78, 5) is 7.95. The van der Waals surface area contributed by atoms with Crippen LogP contribution in [-0.4, -0.2) is 4.89 Å². The summed E-state index contributed by atoms with van der Waals surface area (Å²) < 4.78 is 0. The van der Waals surface area contributed by atoms with E-state index in [1.807, 2.05) is 0 Å². The molecule has 0 spiro atoms. The van der Waals surface area contributed by atoms with Gasteiger partial charge in [0.1, 0.15) is 0 Å². The first-order valence-corrected chi connectivity index (χ1v) is 4.23. The molecule has 0 aliphatic carbocycles. The van der Waals surface area contributed by atoms with E-state index in [4.69, 9.17) is 15.9 Å². The first kappa shape index (κ1) is 5.74. The second-order valence-electron chi connectivity index (χ2n) is 0.507. The molecule has 3 nitrogen and oxygen atoms in total. The van der Waals surface area contributed by atoms with Gasteiger partial charge in [-0.25, -0.2) is 0 Å². The molecule has 1 unspecified atom stereocenters. The van der Waals surface area contributed by atoms with Gasteiger partial charge in [-0.1, -0.05) is 0 Å². The molecule has 0 aromatic rings. The Balaban J connectivity index is 2.54. The van der Waals surface area contributed by atoms with Crippen molar-refractivity contribution in [2.24, 2.45) is 11.0 Å². The molecule has 5 N–H and O–H groups in total. The quantitative estimate of drug-likeness (QED) is 0.408. The Hall–Kier alpha value is 0.740. The third kappa shape index (κ3) is 4.74. The summed E-state index contributed by atoms with van der Waals surface area (Å²) in [5.74, 6) is 0. The van der Waals surface area contributed by atoms with Crippen molar-refractivity contribution in [3.8, 4) is 0 Å². The van der Waals surface area contributed by atoms with Crippen molar-refractivity contribution in [1.29, 1.82) is 0 Å². The van der Waals surface area contributed by atoms with Gasteiger partial charge in [-0.05, 0) is 0 Å². The van der Waals surface area contributed by atoms with Gasteiger partial charge in [0, 0.05) is 0 Å². The molecule has 0 fully saturated rings. The third-order valence-electron chi connectivity index (χ3n) is 0.115. The predicted octanol–water partition coefficient (Wildman–Crippen LogP) is -0.283. The van der Waals surface area contributed by atoms with Crippen molar-refractivity contribution in [2.75, 3.05) is 0 Å². The molecule has 0 bridgehead atoms. The van der Waals surface area contributed by atoms with E-state index >= 15 is 0 Å². The Labute approximate surface area is 33.4 Å². The van der Waals surface area contributed by atoms with Crippen molar-refractivity contribution in [2.45, 2.75) is 0 Å². The zero-order chi connectivity index (χ0) is 4.28. The Morgan fingerprint density at radius 1 is 1.60 bits per heavy atom. The first-order chi connectivity index (χ1) is 2.27. The Morgan fingerprint density at radius 3 is 1.80 bits per heavy atom. The summed E-state index contributed by atoms with van der Waals surface area (Å²) in [6.45, 7) is 0. The van der Waals surface area contributed by atoms with Crippen LogP contribution in [0, 0.1) is 0 Å². The monoisotopic (exact) mass is 112 g/mol. The summed E-state index contributed by atoms with van der Waals surface area (Å²) in [5.41, 5.74) is 9.79. The van der Waals surface area contributed by atoms with E-state index in [0.29, 0.717) is 0 Å². The van der Waals surface area contributed by atoms with E-state index in [0.717, 1.165) is 0 Å². The second kappa shape index (κ2) is 2.95. The molecule has 0 radical (unpaired) electrons. The van der Waals surface area contributed by atoms with Gasteiger partial charge in [-0.3, -0.25) is 11.0 Å². The van der Waals surface area contributed by atoms with Crippen LogP contribution in [0.5, 0.6) is 0 Å². The van der Waals surface area contributed by atoms with Crippen LogP contribution < -0.4 is 11.0 Å². The lowest BCUT2D eigenvalue weighted by atomic mass is 13.9. The Kier molecular flexibility index (Phi) is 3.39. The summed E-state index contributed by atoms with van der Waals surface area (Å²) >= 11 is 0. The van der Waals surface area contributed by atoms with Crippen LogP contribution in [0.3, 0.4) is 0 Å². The first-order valence-electron chi connectivity index (χ1n) is 0.964. The molecular weight excluding hydrogens is 106 g/mol. The molecule has 0 aromatic heterocycles. The molecule has 0 saturated heterocycles. The average Bonchev–Trinajstić information content (AvgIpc) is 1.38. The van der Waals surface area contributed by atoms with Crippen LogP contribution in [0.4, 0.5) is 0 Å². The van der Waals surface area contributed by atoms with Gasteiger partial charge in [0.05, 0.1) is 16.4 Å². The second-order valence-corrected chi connectivity index (χ2v) is 3.67. The number of nitrogens with two attached hydrogens (primary N) is 2. The number of hydrogen-bond acceptors (Lipinski definition) is 3. The molecule has 0 aliphatic heterocycles. The fraction of sp³-hybridized carbons (Fsp3) is 0. The highest BCUT2D eigenvalue weighted by atomic mass is 32.1. The highest BCUT2D eigenvalue weighted by Crippen LogP contribution is 2.35. The van der Waals surface area contributed by atoms with E-state index in [1.54, 1.807) is 0 Å². The maximum Gasteiger partial charge on any atom is 0.0791 e. The highest BCUT2D eigenvalue weighted by molar-refractivity contribution is 8.16. The van der Waals surface area contributed by atoms with E-state index in [1.165, 1.54) is 0 Å². The van der Waals surface area contributed by atoms with Gasteiger partial charge in [0.25, 0.3) is 0 Å². The van der Waals surface area contributed by atoms with Crippen LogP contribution in [0.25, 0.3) is 0 Å². The summed E-state index contributed by atoms with van der Waals surface area (Å²) in [5, 5.41) is 0. The van der Waals surface area contributed by atoms with Crippen molar-refractivity contribution in [1.82, 2.24) is 0 Å². The zero-order valence-electron chi connectivity index (χ0n) is 2.55. The fourth-order valence-corrected chi connectivity index (χ4v) is 0. The molecule has 32 valence electrons. The summed E-state index contributed by atoms with van der Waals surface area (Å²) in [7, 11) is -1.28. The molecule has 5 heavy (non-hydrogen) atoms. The highest BCUT2D eigenvalue weighted by Gasteiger charge is 1.81. The largest absolute Gasteiger partial charge is 0.370 e. The van der Waals surface area contributed by atoms with Crippen LogP contribution in [0.2, 0.25) is 0 Å². The van der Waals surface area contributed by atoms with E-state index in [2.05, 4.69) is 0 Å². The molecule has 0 saturated carbocycles. The molecule has 5 heteroatoms. The van der Waals surface area contributed by atoms with Gasteiger partial charge in [-0.2, -0.15) is 0 Å². The van der Waals surface area contributed by atoms with Gasteiger partial charge in [0.2, 0.25) is 0 Å². The topological polar surface area (TPSA) is 72.3 Å². The van der Waals surface area contributed by atoms with Crippen molar-refractivity contribution in [3.63, 3.8) is 0 Å². The Bertz CT molecular complexity index is 21.6. The molecule has 0 aromatic carbocycles. The van der Waals surface area contributed by atoms with Crippen LogP contribution in [0.15, 0.2) is 0 Å². The fourth-order valence-electron chi connectivity index (χ4n) is 0. The van der Waals surface area contributed by atoms with Gasteiger partial charge >= 0.3 is 0 Å². The van der Waals surface area contributed by atoms with Gasteiger partial charge < -0.3 is 4.89 Å². The van der Waals surface area contributed by atoms with E-state index < -0.39 is 7.91 Å². The molecule has 0 aliphatic rings. The smallest absolute Gasteiger partial charge is 0.0791 e. The summed E-state index contributed by atoms with van der Waals surface area (Å²) in [6.07, 6.45) is 0. The van der Waals surface area contributed by atoms with Crippen molar-refractivity contribution < 1.29 is 4.89 Å². The lowest BCUT2D eigenvalue weighted by molar-refractivity contribution is 0.659. The van der Waals surface area contributed by atoms with Crippen LogP contribution in [0.1, 0.15) is 0 Å². The third-order valence-corrected chi connectivity index (χ3v) is 1.04. The Morgan fingerprint density at radius 2 is 1.80 bits per heavy atom. The van der Waals surface area contributed by atoms with E-state index in [-0.39, 0.29) is 8.50 Å². The minimum absolute atomic E-state index is 0.265. The summed E-state index contributed by atoms with van der Waals surface area (Å²) in [6, 6.07) is 0. The predicted molar refractivity (Wildman–Crippen MR) is 25.8 cm³/mol. The normalized spacial score (nSPS) is 12.0. The average molecular weight is 112 g/mol. The van der Waals surface area contributed by atoms with Crippen LogP contribution >= 0.6 is 16.4 Å². The molecular formula is H6N2OP2. The van der Waals surface area contributed by atoms with Crippen molar-refractivity contribution >= 4 is 16.4 Å². The minimum atomic E-state index is -1.01. The van der Waals surface area contributed by atoms with Crippen molar-refractivity contribution in [3.05, 3.63) is 0 Å². The number of hydrogen-bond donors (Lipinski definition) is 3. The number of rotatable bonds is 1. The standard InChI is InChI=1S/H6N2OP2/c1-5(2)4-3/h3-4H,1-2H2. The zero-order valence-corrected chi connectivity index (χ0v) is 4.44. The van der Waals surface area contributed by atoms with Gasteiger partial charge in [0.15, 0.2) is 0 Å². The lowest BCUT2D eigenvalue weighted by Crippen LogP contribution is -1.89. The van der Waals surface area contributed by atoms with E-state index in [9.17, 15) is 0 Å². The van der Waals surface area contributed by atoms with Gasteiger partial charge in [-0.15, -0.1) is 0 Å². The molecule has 0 heterocycles. The SMILES string of the molecule is NP(N)PO. The maximum absolute atomic E-state index is 7.95. The maximum atomic E-state index is 7.95. The molecule has 0 rings (SSSR count). The van der Waals surface area contributed by atoms with Crippen LogP contribution in [-0.2, 0) is 0 Å².